The Balaban J connectivity index is 1.63. The van der Waals surface area contributed by atoms with Crippen molar-refractivity contribution in [1.82, 2.24) is 10.4 Å². The summed E-state index contributed by atoms with van der Waals surface area (Å²) in [5.74, 6) is -5.20. The van der Waals surface area contributed by atoms with E-state index in [0.29, 0.717) is 16.6 Å². The van der Waals surface area contributed by atoms with Gasteiger partial charge in [0, 0.05) is 0 Å². The lowest BCUT2D eigenvalue weighted by atomic mass is 9.91. The topological polar surface area (TPSA) is 129 Å². The molecule has 1 aliphatic heterocycles. The second-order valence-electron chi connectivity index (χ2n) is 8.46. The van der Waals surface area contributed by atoms with Crippen molar-refractivity contribution in [2.24, 2.45) is 5.10 Å². The van der Waals surface area contributed by atoms with Gasteiger partial charge in [-0.2, -0.15) is 5.10 Å². The molecule has 0 aliphatic carbocycles. The molecular formula is C27H20N4O5S. The number of phenolic OH excluding ortho intramolecular Hbond substituents is 1. The van der Waals surface area contributed by atoms with E-state index in [2.05, 4.69) is 15.5 Å². The fourth-order valence-corrected chi connectivity index (χ4v) is 5.31. The molecule has 184 valence electrons. The van der Waals surface area contributed by atoms with E-state index >= 15 is 0 Å². The molecule has 1 saturated heterocycles. The Hall–Kier alpha value is -4.70. The maximum absolute atomic E-state index is 13.8. The molecule has 1 fully saturated rings. The number of amides is 3. The van der Waals surface area contributed by atoms with Gasteiger partial charge in [0.1, 0.15) is 22.4 Å². The molecule has 5 rings (SSSR count). The molecule has 2 N–H and O–H groups in total. The first kappa shape index (κ1) is 24.0. The van der Waals surface area contributed by atoms with Crippen LogP contribution in [-0.2, 0) is 14.4 Å². The molecule has 9 nitrogen and oxygen atoms in total. The zero-order chi connectivity index (χ0) is 26.3. The monoisotopic (exact) mass is 512 g/mol. The molecule has 4 aromatic rings. The largest absolute Gasteiger partial charge is 0.507 e. The molecular weight excluding hydrogens is 492 g/mol. The lowest BCUT2D eigenvalue weighted by molar-refractivity contribution is -0.139. The lowest BCUT2D eigenvalue weighted by Gasteiger charge is -2.30. The third-order valence-electron chi connectivity index (χ3n) is 6.02. The SMILES string of the molecule is Cc1cccc(C)c1N1C(=O)C(=O)[C@@H](c2nc3ccccc3s2)/C(=N\NC(=O)c2ccccc2O)C1=O. The summed E-state index contributed by atoms with van der Waals surface area (Å²) in [6, 6.07) is 18.2. The van der Waals surface area contributed by atoms with Gasteiger partial charge in [0.2, 0.25) is 5.78 Å². The highest BCUT2D eigenvalue weighted by molar-refractivity contribution is 7.19. The molecule has 10 heteroatoms. The zero-order valence-corrected chi connectivity index (χ0v) is 20.6. The van der Waals surface area contributed by atoms with Crippen molar-refractivity contribution in [1.29, 1.82) is 0 Å². The van der Waals surface area contributed by atoms with Crippen molar-refractivity contribution in [3.63, 3.8) is 0 Å². The fourth-order valence-electron chi connectivity index (χ4n) is 4.24. The van der Waals surface area contributed by atoms with Crippen LogP contribution in [0.1, 0.15) is 32.4 Å². The number of Topliss-reactive ketones (excluding diaryl/α,β-unsaturated/α-hetero) is 1. The van der Waals surface area contributed by atoms with Gasteiger partial charge in [-0.15, -0.1) is 11.3 Å². The number of nitrogens with one attached hydrogen (secondary N) is 1. The number of hydrogen-bond donors (Lipinski definition) is 2. The Bertz CT molecular complexity index is 1590. The molecule has 1 aliphatic rings. The molecule has 2 heterocycles. The van der Waals surface area contributed by atoms with Crippen molar-refractivity contribution < 1.29 is 24.3 Å². The number of anilines is 1. The number of carbonyl (C=O) groups excluding carboxylic acids is 4. The molecule has 0 spiro atoms. The predicted molar refractivity (Wildman–Crippen MR) is 139 cm³/mol. The van der Waals surface area contributed by atoms with Crippen molar-refractivity contribution in [2.45, 2.75) is 19.8 Å². The minimum absolute atomic E-state index is 0.0688. The first-order valence-corrected chi connectivity index (χ1v) is 12.1. The molecule has 1 atom stereocenters. The Kier molecular flexibility index (Phi) is 6.10. The number of aromatic nitrogens is 1. The van der Waals surface area contributed by atoms with Gasteiger partial charge in [-0.25, -0.2) is 15.3 Å². The summed E-state index contributed by atoms with van der Waals surface area (Å²) in [5, 5.41) is 14.3. The Labute approximate surface area is 215 Å². The van der Waals surface area contributed by atoms with Gasteiger partial charge in [-0.3, -0.25) is 19.2 Å². The lowest BCUT2D eigenvalue weighted by Crippen LogP contribution is -2.55. The van der Waals surface area contributed by atoms with E-state index in [1.165, 1.54) is 12.1 Å². The molecule has 0 unspecified atom stereocenters. The number of imide groups is 1. The van der Waals surface area contributed by atoms with Crippen molar-refractivity contribution >= 4 is 56.5 Å². The van der Waals surface area contributed by atoms with Crippen LogP contribution in [-0.4, -0.2) is 39.3 Å². The Morgan fingerprint density at radius 2 is 1.62 bits per heavy atom. The number of aryl methyl sites for hydroxylation is 2. The van der Waals surface area contributed by atoms with Gasteiger partial charge in [0.25, 0.3) is 11.8 Å². The number of aromatic hydroxyl groups is 1. The van der Waals surface area contributed by atoms with Crippen LogP contribution in [0.4, 0.5) is 5.69 Å². The highest BCUT2D eigenvalue weighted by atomic mass is 32.1. The highest BCUT2D eigenvalue weighted by Gasteiger charge is 2.49. The molecule has 0 bridgehead atoms. The molecule has 1 aromatic heterocycles. The number of para-hydroxylation sites is 3. The average molecular weight is 513 g/mol. The number of carbonyl (C=O) groups is 4. The number of phenols is 1. The molecule has 37 heavy (non-hydrogen) atoms. The van der Waals surface area contributed by atoms with Crippen molar-refractivity contribution in [3.8, 4) is 5.75 Å². The van der Waals surface area contributed by atoms with Crippen LogP contribution >= 0.6 is 11.3 Å². The van der Waals surface area contributed by atoms with Crippen LogP contribution in [0.25, 0.3) is 10.2 Å². The third kappa shape index (κ3) is 4.17. The smallest absolute Gasteiger partial charge is 0.302 e. The summed E-state index contributed by atoms with van der Waals surface area (Å²) in [4.78, 5) is 58.7. The van der Waals surface area contributed by atoms with Crippen LogP contribution in [0, 0.1) is 13.8 Å². The number of benzene rings is 3. The van der Waals surface area contributed by atoms with Crippen molar-refractivity contribution in [3.05, 3.63) is 88.4 Å². The van der Waals surface area contributed by atoms with E-state index in [9.17, 15) is 24.3 Å². The third-order valence-corrected chi connectivity index (χ3v) is 7.12. The minimum Gasteiger partial charge on any atom is -0.507 e. The Morgan fingerprint density at radius 1 is 0.946 bits per heavy atom. The average Bonchev–Trinajstić information content (AvgIpc) is 3.31. The number of fused-ring (bicyclic) bond motifs is 1. The maximum atomic E-state index is 13.8. The van der Waals surface area contributed by atoms with Gasteiger partial charge in [0.15, 0.2) is 0 Å². The van der Waals surface area contributed by atoms with Crippen LogP contribution in [0.2, 0.25) is 0 Å². The van der Waals surface area contributed by atoms with Crippen LogP contribution in [0.3, 0.4) is 0 Å². The fraction of sp³-hybridized carbons (Fsp3) is 0.111. The molecule has 0 saturated carbocycles. The van der Waals surface area contributed by atoms with Crippen LogP contribution in [0.5, 0.6) is 5.75 Å². The van der Waals surface area contributed by atoms with Crippen LogP contribution in [0.15, 0.2) is 71.8 Å². The van der Waals surface area contributed by atoms with Gasteiger partial charge < -0.3 is 5.11 Å². The number of rotatable bonds is 4. The molecule has 3 aromatic carbocycles. The summed E-state index contributed by atoms with van der Waals surface area (Å²) in [6.07, 6.45) is 0. The van der Waals surface area contributed by atoms with E-state index in [-0.39, 0.29) is 27.7 Å². The summed E-state index contributed by atoms with van der Waals surface area (Å²) in [7, 11) is 0. The first-order valence-electron chi connectivity index (χ1n) is 11.3. The van der Waals surface area contributed by atoms with Gasteiger partial charge in [-0.05, 0) is 49.2 Å². The van der Waals surface area contributed by atoms with Crippen molar-refractivity contribution in [2.75, 3.05) is 4.90 Å². The predicted octanol–water partition coefficient (Wildman–Crippen LogP) is 3.63. The van der Waals surface area contributed by atoms with E-state index in [1.54, 1.807) is 56.3 Å². The molecule has 3 amide bonds. The normalized spacial score (nSPS) is 17.0. The number of ketones is 1. The van der Waals surface area contributed by atoms with Gasteiger partial charge >= 0.3 is 5.91 Å². The summed E-state index contributed by atoms with van der Waals surface area (Å²) in [6.45, 7) is 3.45. The number of thiazole rings is 1. The zero-order valence-electron chi connectivity index (χ0n) is 19.8. The van der Waals surface area contributed by atoms with Gasteiger partial charge in [-0.1, -0.05) is 42.5 Å². The number of hydrazone groups is 1. The van der Waals surface area contributed by atoms with Gasteiger partial charge in [0.05, 0.1) is 21.5 Å². The Morgan fingerprint density at radius 3 is 2.32 bits per heavy atom. The van der Waals surface area contributed by atoms with E-state index in [4.69, 9.17) is 0 Å². The first-order chi connectivity index (χ1) is 17.8. The standard InChI is InChI=1S/C27H20N4O5S/c1-14-8-7-9-15(2)22(14)31-26(35)21(29-30-24(34)16-10-3-5-12-18(16)32)20(23(33)27(31)36)25-28-17-11-4-6-13-19(17)37-25/h3-13,20,32H,1-2H3,(H,30,34)/b29-21+/t20-/m0/s1. The summed E-state index contributed by atoms with van der Waals surface area (Å²) >= 11 is 1.16. The second-order valence-corrected chi connectivity index (χ2v) is 9.52. The van der Waals surface area contributed by atoms with E-state index in [0.717, 1.165) is 20.9 Å². The number of nitrogens with zero attached hydrogens (tertiary/aromatic N) is 3. The maximum Gasteiger partial charge on any atom is 0.302 e. The number of piperidine rings is 1. The second kappa shape index (κ2) is 9.40. The summed E-state index contributed by atoms with van der Waals surface area (Å²) < 4.78 is 0.764. The highest BCUT2D eigenvalue weighted by Crippen LogP contribution is 2.35. The summed E-state index contributed by atoms with van der Waals surface area (Å²) in [5.41, 5.74) is 3.96. The number of hydrogen-bond acceptors (Lipinski definition) is 8. The minimum atomic E-state index is -1.40. The molecule has 0 radical (unpaired) electrons. The quantitative estimate of drug-likeness (QED) is 0.244. The van der Waals surface area contributed by atoms with E-state index in [1.807, 2.05) is 12.1 Å². The van der Waals surface area contributed by atoms with E-state index < -0.39 is 29.4 Å². The van der Waals surface area contributed by atoms with Crippen LogP contribution < -0.4 is 10.3 Å².